The summed E-state index contributed by atoms with van der Waals surface area (Å²) in [5, 5.41) is 0. The maximum absolute atomic E-state index is 13.2. The Bertz CT molecular complexity index is 874. The Morgan fingerprint density at radius 3 is 2.48 bits per heavy atom. The van der Waals surface area contributed by atoms with Crippen LogP contribution >= 0.6 is 0 Å². The fourth-order valence-corrected chi connectivity index (χ4v) is 4.34. The Balaban J connectivity index is 1.78. The van der Waals surface area contributed by atoms with Crippen molar-refractivity contribution in [3.63, 3.8) is 0 Å². The fourth-order valence-electron chi connectivity index (χ4n) is 4.34. The van der Waals surface area contributed by atoms with Gasteiger partial charge in [0.15, 0.2) is 0 Å². The second-order valence-electron chi connectivity index (χ2n) is 8.77. The van der Waals surface area contributed by atoms with Crippen molar-refractivity contribution in [3.8, 4) is 0 Å². The predicted octanol–water partition coefficient (Wildman–Crippen LogP) is 4.74. The van der Waals surface area contributed by atoms with Crippen LogP contribution in [0.1, 0.15) is 76.6 Å². The van der Waals surface area contributed by atoms with Gasteiger partial charge in [0, 0.05) is 63.5 Å². The van der Waals surface area contributed by atoms with E-state index in [1.165, 1.54) is 0 Å². The molecule has 0 aliphatic carbocycles. The first-order chi connectivity index (χ1) is 15.0. The number of fused-ring (bicyclic) bond motifs is 1. The summed E-state index contributed by atoms with van der Waals surface area (Å²) < 4.78 is 2.09. The number of carbonyl (C=O) groups is 2. The predicted molar refractivity (Wildman–Crippen MR) is 124 cm³/mol. The van der Waals surface area contributed by atoms with E-state index in [4.69, 9.17) is 0 Å². The van der Waals surface area contributed by atoms with Gasteiger partial charge in [0.05, 0.1) is 0 Å². The quantitative estimate of drug-likeness (QED) is 0.712. The summed E-state index contributed by atoms with van der Waals surface area (Å²) in [5.41, 5.74) is 1.97. The molecule has 1 aliphatic heterocycles. The highest BCUT2D eigenvalue weighted by Crippen LogP contribution is 2.25. The molecular formula is C25H36N4O2. The number of benzene rings is 1. The van der Waals surface area contributed by atoms with Crippen LogP contribution in [0.25, 0.3) is 0 Å². The lowest BCUT2D eigenvalue weighted by Gasteiger charge is -2.29. The number of carbonyl (C=O) groups excluding carboxylic acids is 2. The van der Waals surface area contributed by atoms with E-state index in [2.05, 4.69) is 23.4 Å². The number of amides is 2. The molecular weight excluding hydrogens is 388 g/mol. The molecule has 1 aliphatic rings. The van der Waals surface area contributed by atoms with Gasteiger partial charge in [0.2, 0.25) is 11.8 Å². The highest BCUT2D eigenvalue weighted by atomic mass is 16.2. The minimum Gasteiger partial charge on any atom is -0.338 e. The van der Waals surface area contributed by atoms with Crippen LogP contribution in [0.2, 0.25) is 0 Å². The average Bonchev–Trinajstić information content (AvgIpc) is 3.21. The second kappa shape index (κ2) is 11.1. The van der Waals surface area contributed by atoms with Gasteiger partial charge in [-0.3, -0.25) is 9.59 Å². The molecule has 0 unspecified atom stereocenters. The standard InChI is InChI=1S/C25H36N4O2/c1-20(2)25-26-14-18-27(25)17-13-24(31)28-15-9-5-4-6-10-16-29(21(3)30)23-12-8-7-11-22(23)19-28/h7-8,11-12,14,18,20H,4-6,9-10,13,15-17,19H2,1-3H3. The van der Waals surface area contributed by atoms with Crippen LogP contribution in [0.5, 0.6) is 0 Å². The van der Waals surface area contributed by atoms with Gasteiger partial charge in [-0.1, -0.05) is 51.3 Å². The molecule has 0 radical (unpaired) electrons. The minimum absolute atomic E-state index is 0.0590. The molecule has 0 spiro atoms. The van der Waals surface area contributed by atoms with E-state index in [1.807, 2.05) is 46.5 Å². The molecule has 3 rings (SSSR count). The van der Waals surface area contributed by atoms with E-state index in [-0.39, 0.29) is 11.8 Å². The zero-order valence-corrected chi connectivity index (χ0v) is 19.2. The third-order valence-electron chi connectivity index (χ3n) is 6.02. The summed E-state index contributed by atoms with van der Waals surface area (Å²) in [6, 6.07) is 8.01. The first-order valence-electron chi connectivity index (χ1n) is 11.6. The van der Waals surface area contributed by atoms with Crippen LogP contribution in [0, 0.1) is 0 Å². The van der Waals surface area contributed by atoms with Crippen molar-refractivity contribution in [3.05, 3.63) is 48.0 Å². The highest BCUT2D eigenvalue weighted by Gasteiger charge is 2.20. The topological polar surface area (TPSA) is 58.4 Å². The van der Waals surface area contributed by atoms with Crippen molar-refractivity contribution in [1.29, 1.82) is 0 Å². The molecule has 31 heavy (non-hydrogen) atoms. The summed E-state index contributed by atoms with van der Waals surface area (Å²) >= 11 is 0. The number of hydrogen-bond acceptors (Lipinski definition) is 3. The Morgan fingerprint density at radius 1 is 1.03 bits per heavy atom. The molecule has 0 N–H and O–H groups in total. The van der Waals surface area contributed by atoms with Crippen molar-refractivity contribution >= 4 is 17.5 Å². The Hall–Kier alpha value is -2.63. The number of aryl methyl sites for hydroxylation is 1. The smallest absolute Gasteiger partial charge is 0.224 e. The molecule has 0 bridgehead atoms. The van der Waals surface area contributed by atoms with Gasteiger partial charge in [-0.25, -0.2) is 4.98 Å². The van der Waals surface area contributed by atoms with Gasteiger partial charge in [0.25, 0.3) is 0 Å². The van der Waals surface area contributed by atoms with Crippen LogP contribution in [0.4, 0.5) is 5.69 Å². The molecule has 0 atom stereocenters. The molecule has 2 aromatic rings. The SMILES string of the molecule is CC(=O)N1CCCCCCCN(C(=O)CCn2ccnc2C(C)C)Cc2ccccc21. The Morgan fingerprint density at radius 2 is 1.74 bits per heavy atom. The summed E-state index contributed by atoms with van der Waals surface area (Å²) in [5.74, 6) is 1.56. The van der Waals surface area contributed by atoms with Crippen LogP contribution in [0.15, 0.2) is 36.7 Å². The van der Waals surface area contributed by atoms with E-state index >= 15 is 0 Å². The molecule has 6 nitrogen and oxygen atoms in total. The normalized spacial score (nSPS) is 15.9. The van der Waals surface area contributed by atoms with Crippen molar-refractivity contribution in [2.75, 3.05) is 18.0 Å². The summed E-state index contributed by atoms with van der Waals surface area (Å²) in [7, 11) is 0. The van der Waals surface area contributed by atoms with Gasteiger partial charge in [0.1, 0.15) is 5.82 Å². The lowest BCUT2D eigenvalue weighted by molar-refractivity contribution is -0.132. The van der Waals surface area contributed by atoms with Crippen molar-refractivity contribution < 1.29 is 9.59 Å². The molecule has 0 saturated carbocycles. The van der Waals surface area contributed by atoms with E-state index in [9.17, 15) is 9.59 Å². The third-order valence-corrected chi connectivity index (χ3v) is 6.02. The van der Waals surface area contributed by atoms with Gasteiger partial charge in [-0.05, 0) is 24.5 Å². The molecule has 0 saturated heterocycles. The van der Waals surface area contributed by atoms with Crippen molar-refractivity contribution in [2.24, 2.45) is 0 Å². The molecule has 6 heteroatoms. The average molecular weight is 425 g/mol. The largest absolute Gasteiger partial charge is 0.338 e. The van der Waals surface area contributed by atoms with E-state index in [0.29, 0.717) is 25.4 Å². The zero-order chi connectivity index (χ0) is 22.2. The Labute approximate surface area is 186 Å². The van der Waals surface area contributed by atoms with Gasteiger partial charge in [-0.2, -0.15) is 0 Å². The lowest BCUT2D eigenvalue weighted by atomic mass is 10.1. The second-order valence-corrected chi connectivity index (χ2v) is 8.77. The fraction of sp³-hybridized carbons (Fsp3) is 0.560. The third kappa shape index (κ3) is 6.18. The Kier molecular flexibility index (Phi) is 8.27. The van der Waals surface area contributed by atoms with Gasteiger partial charge < -0.3 is 14.4 Å². The first kappa shape index (κ1) is 23.0. The number of rotatable bonds is 4. The van der Waals surface area contributed by atoms with E-state index in [1.54, 1.807) is 6.92 Å². The number of imidazole rings is 1. The number of anilines is 1. The molecule has 1 aromatic carbocycles. The number of para-hydroxylation sites is 1. The van der Waals surface area contributed by atoms with Crippen LogP contribution in [-0.2, 0) is 22.7 Å². The zero-order valence-electron chi connectivity index (χ0n) is 19.2. The molecule has 2 heterocycles. The number of nitrogens with zero attached hydrogens (tertiary/aromatic N) is 4. The minimum atomic E-state index is 0.0590. The van der Waals surface area contributed by atoms with Crippen LogP contribution in [0.3, 0.4) is 0 Å². The maximum atomic E-state index is 13.2. The van der Waals surface area contributed by atoms with Crippen LogP contribution in [-0.4, -0.2) is 39.4 Å². The summed E-state index contributed by atoms with van der Waals surface area (Å²) in [4.78, 5) is 33.9. The van der Waals surface area contributed by atoms with E-state index in [0.717, 1.165) is 62.3 Å². The summed E-state index contributed by atoms with van der Waals surface area (Å²) in [6.07, 6.45) is 9.62. The highest BCUT2D eigenvalue weighted by molar-refractivity contribution is 5.92. The first-order valence-corrected chi connectivity index (χ1v) is 11.6. The number of aromatic nitrogens is 2. The monoisotopic (exact) mass is 424 g/mol. The van der Waals surface area contributed by atoms with Crippen LogP contribution < -0.4 is 4.90 Å². The molecule has 2 amide bonds. The summed E-state index contributed by atoms with van der Waals surface area (Å²) in [6.45, 7) is 8.54. The maximum Gasteiger partial charge on any atom is 0.224 e. The molecule has 1 aromatic heterocycles. The van der Waals surface area contributed by atoms with Gasteiger partial charge in [-0.15, -0.1) is 0 Å². The molecule has 0 fully saturated rings. The number of hydrogen-bond donors (Lipinski definition) is 0. The molecule has 168 valence electrons. The van der Waals surface area contributed by atoms with Gasteiger partial charge >= 0.3 is 0 Å². The van der Waals surface area contributed by atoms with Crippen molar-refractivity contribution in [2.45, 2.75) is 78.3 Å². The van der Waals surface area contributed by atoms with Crippen molar-refractivity contribution in [1.82, 2.24) is 14.5 Å². The van der Waals surface area contributed by atoms with E-state index < -0.39 is 0 Å². The lowest BCUT2D eigenvalue weighted by Crippen LogP contribution is -2.35.